The lowest BCUT2D eigenvalue weighted by Gasteiger charge is -2.14. The maximum Gasteiger partial charge on any atom is 0.244 e. The van der Waals surface area contributed by atoms with Gasteiger partial charge < -0.3 is 15.0 Å². The Morgan fingerprint density at radius 2 is 2.07 bits per heavy atom. The van der Waals surface area contributed by atoms with Crippen molar-refractivity contribution in [3.63, 3.8) is 0 Å². The number of hydrogen-bond donors (Lipinski definition) is 1. The van der Waals surface area contributed by atoms with Gasteiger partial charge >= 0.3 is 0 Å². The van der Waals surface area contributed by atoms with E-state index in [1.165, 1.54) is 10.9 Å². The van der Waals surface area contributed by atoms with Gasteiger partial charge in [-0.1, -0.05) is 13.8 Å². The third-order valence-electron chi connectivity index (χ3n) is 4.19. The molecular formula is C19H26FN5O3. The number of carbonyl (C=O) groups excluding carboxylic acids is 2. The first-order chi connectivity index (χ1) is 13.3. The maximum atomic E-state index is 13.9. The van der Waals surface area contributed by atoms with Crippen molar-refractivity contribution in [2.24, 2.45) is 0 Å². The minimum atomic E-state index is -0.547. The summed E-state index contributed by atoms with van der Waals surface area (Å²) in [4.78, 5) is 29.4. The zero-order valence-electron chi connectivity index (χ0n) is 16.6. The van der Waals surface area contributed by atoms with E-state index in [-0.39, 0.29) is 43.1 Å². The van der Waals surface area contributed by atoms with Crippen LogP contribution in [0.5, 0.6) is 5.75 Å². The summed E-state index contributed by atoms with van der Waals surface area (Å²) >= 11 is 0. The number of halogens is 1. The molecule has 0 spiro atoms. The summed E-state index contributed by atoms with van der Waals surface area (Å²) < 4.78 is 20.9. The molecule has 152 valence electrons. The molecule has 0 bridgehead atoms. The molecule has 0 unspecified atom stereocenters. The van der Waals surface area contributed by atoms with E-state index < -0.39 is 5.82 Å². The van der Waals surface area contributed by atoms with Crippen LogP contribution in [-0.2, 0) is 16.1 Å². The number of amides is 2. The normalized spacial score (nSPS) is 10.8. The summed E-state index contributed by atoms with van der Waals surface area (Å²) in [5.41, 5.74) is 1.14. The molecule has 1 N–H and O–H groups in total. The van der Waals surface area contributed by atoms with E-state index in [1.807, 2.05) is 20.8 Å². The molecule has 2 rings (SSSR count). The quantitative estimate of drug-likeness (QED) is 0.709. The van der Waals surface area contributed by atoms with Gasteiger partial charge in [0.25, 0.3) is 0 Å². The second-order valence-corrected chi connectivity index (χ2v) is 6.68. The molecule has 0 aliphatic heterocycles. The van der Waals surface area contributed by atoms with E-state index in [4.69, 9.17) is 4.74 Å². The van der Waals surface area contributed by atoms with Crippen molar-refractivity contribution < 1.29 is 18.7 Å². The molecule has 2 heterocycles. The minimum Gasteiger partial charge on any atom is -0.490 e. The summed E-state index contributed by atoms with van der Waals surface area (Å²) in [6.45, 7) is 6.45. The zero-order chi connectivity index (χ0) is 20.7. The maximum absolute atomic E-state index is 13.9. The molecule has 0 aliphatic rings. The van der Waals surface area contributed by atoms with Gasteiger partial charge in [-0.25, -0.2) is 4.39 Å². The smallest absolute Gasteiger partial charge is 0.244 e. The lowest BCUT2D eigenvalue weighted by atomic mass is 10.0. The summed E-state index contributed by atoms with van der Waals surface area (Å²) in [7, 11) is 1.71. The van der Waals surface area contributed by atoms with Crippen LogP contribution in [0.2, 0.25) is 0 Å². The van der Waals surface area contributed by atoms with Gasteiger partial charge in [-0.3, -0.25) is 19.3 Å². The molecule has 28 heavy (non-hydrogen) atoms. The van der Waals surface area contributed by atoms with Crippen molar-refractivity contribution in [1.29, 1.82) is 0 Å². The van der Waals surface area contributed by atoms with Crippen LogP contribution >= 0.6 is 0 Å². The first-order valence-electron chi connectivity index (χ1n) is 9.14. The second-order valence-electron chi connectivity index (χ2n) is 6.68. The van der Waals surface area contributed by atoms with Crippen molar-refractivity contribution in [3.05, 3.63) is 36.2 Å². The fourth-order valence-electron chi connectivity index (χ4n) is 2.42. The highest BCUT2D eigenvalue weighted by molar-refractivity contribution is 5.90. The van der Waals surface area contributed by atoms with Crippen molar-refractivity contribution in [1.82, 2.24) is 19.7 Å². The number of likely N-dealkylation sites (N-methyl/N-ethyl adjacent to an activating group) is 1. The highest BCUT2D eigenvalue weighted by Crippen LogP contribution is 2.28. The molecule has 2 aromatic rings. The number of carbonyl (C=O) groups is 2. The fourth-order valence-corrected chi connectivity index (χ4v) is 2.42. The first-order valence-corrected chi connectivity index (χ1v) is 9.14. The number of nitrogens with one attached hydrogen (secondary N) is 1. The standard InChI is InChI=1S/C19H26FN5O3/c1-5-24(4)18(27)12-25-11-14(8-22-25)23-17(26)6-7-28-19-15(13(2)3)9-21-10-16(19)20/h8-11,13H,5-7,12H2,1-4H3,(H,23,26). The lowest BCUT2D eigenvalue weighted by Crippen LogP contribution is -2.30. The topological polar surface area (TPSA) is 89.4 Å². The molecule has 0 fully saturated rings. The average Bonchev–Trinajstić information content (AvgIpc) is 3.08. The van der Waals surface area contributed by atoms with E-state index in [0.717, 1.165) is 6.20 Å². The molecule has 0 saturated carbocycles. The van der Waals surface area contributed by atoms with Crippen LogP contribution in [0.1, 0.15) is 38.7 Å². The van der Waals surface area contributed by atoms with Gasteiger partial charge in [0.15, 0.2) is 11.6 Å². The van der Waals surface area contributed by atoms with Gasteiger partial charge in [-0.2, -0.15) is 5.10 Å². The van der Waals surface area contributed by atoms with Gasteiger partial charge in [0.1, 0.15) is 6.54 Å². The number of hydrogen-bond acceptors (Lipinski definition) is 5. The molecule has 0 atom stereocenters. The summed E-state index contributed by atoms with van der Waals surface area (Å²) in [6, 6.07) is 0. The van der Waals surface area contributed by atoms with Crippen LogP contribution in [0.4, 0.5) is 10.1 Å². The fraction of sp³-hybridized carbons (Fsp3) is 0.474. The SMILES string of the molecule is CCN(C)C(=O)Cn1cc(NC(=O)CCOc2c(F)cncc2C(C)C)cn1. The molecular weight excluding hydrogens is 365 g/mol. The number of pyridine rings is 1. The summed E-state index contributed by atoms with van der Waals surface area (Å²) in [5.74, 6) is -0.736. The van der Waals surface area contributed by atoms with Gasteiger partial charge in [0.2, 0.25) is 11.8 Å². The molecule has 0 aliphatic carbocycles. The zero-order valence-corrected chi connectivity index (χ0v) is 16.6. The Kier molecular flexibility index (Phi) is 7.48. The molecule has 9 heteroatoms. The van der Waals surface area contributed by atoms with Crippen LogP contribution in [-0.4, -0.2) is 51.7 Å². The number of rotatable bonds is 9. The van der Waals surface area contributed by atoms with Crippen molar-refractivity contribution in [2.45, 2.75) is 39.7 Å². The monoisotopic (exact) mass is 391 g/mol. The minimum absolute atomic E-state index is 0.0282. The van der Waals surface area contributed by atoms with Crippen molar-refractivity contribution >= 4 is 17.5 Å². The molecule has 2 aromatic heterocycles. The second kappa shape index (κ2) is 9.82. The van der Waals surface area contributed by atoms with Crippen LogP contribution < -0.4 is 10.1 Å². The average molecular weight is 391 g/mol. The van der Waals surface area contributed by atoms with E-state index in [1.54, 1.807) is 24.3 Å². The van der Waals surface area contributed by atoms with Crippen LogP contribution in [0.15, 0.2) is 24.8 Å². The van der Waals surface area contributed by atoms with E-state index >= 15 is 0 Å². The predicted octanol–water partition coefficient (Wildman–Crippen LogP) is 2.43. The Hall–Kier alpha value is -2.97. The van der Waals surface area contributed by atoms with E-state index in [2.05, 4.69) is 15.4 Å². The largest absolute Gasteiger partial charge is 0.490 e. The van der Waals surface area contributed by atoms with Gasteiger partial charge in [-0.05, 0) is 12.8 Å². The van der Waals surface area contributed by atoms with Gasteiger partial charge in [-0.15, -0.1) is 0 Å². The number of aromatic nitrogens is 3. The molecule has 0 radical (unpaired) electrons. The van der Waals surface area contributed by atoms with E-state index in [9.17, 15) is 14.0 Å². The molecule has 2 amide bonds. The van der Waals surface area contributed by atoms with Crippen molar-refractivity contribution in [2.75, 3.05) is 25.5 Å². The van der Waals surface area contributed by atoms with Gasteiger partial charge in [0.05, 0.1) is 31.1 Å². The molecule has 0 aromatic carbocycles. The van der Waals surface area contributed by atoms with Crippen molar-refractivity contribution in [3.8, 4) is 5.75 Å². The number of anilines is 1. The third kappa shape index (κ3) is 5.77. The molecule has 8 nitrogen and oxygen atoms in total. The Bertz CT molecular complexity index is 822. The van der Waals surface area contributed by atoms with Gasteiger partial charge in [0, 0.05) is 31.5 Å². The Morgan fingerprint density at radius 3 is 2.75 bits per heavy atom. The lowest BCUT2D eigenvalue weighted by molar-refractivity contribution is -0.130. The van der Waals surface area contributed by atoms with Crippen LogP contribution in [0.25, 0.3) is 0 Å². The highest BCUT2D eigenvalue weighted by Gasteiger charge is 2.15. The third-order valence-corrected chi connectivity index (χ3v) is 4.19. The Balaban J connectivity index is 1.85. The number of nitrogens with zero attached hydrogens (tertiary/aromatic N) is 4. The Labute approximate surface area is 163 Å². The van der Waals surface area contributed by atoms with Crippen LogP contribution in [0.3, 0.4) is 0 Å². The Morgan fingerprint density at radius 1 is 1.32 bits per heavy atom. The summed E-state index contributed by atoms with van der Waals surface area (Å²) in [5, 5.41) is 6.75. The number of ether oxygens (including phenoxy) is 1. The van der Waals surface area contributed by atoms with E-state index in [0.29, 0.717) is 17.8 Å². The predicted molar refractivity (Wildman–Crippen MR) is 103 cm³/mol. The first kappa shape index (κ1) is 21.3. The van der Waals surface area contributed by atoms with Crippen LogP contribution in [0, 0.1) is 5.82 Å². The summed E-state index contributed by atoms with van der Waals surface area (Å²) in [6.07, 6.45) is 5.75. The highest BCUT2D eigenvalue weighted by atomic mass is 19.1. The molecule has 0 saturated heterocycles.